The number of piperidine rings is 1. The number of hydrogen-bond acceptors (Lipinski definition) is 3. The summed E-state index contributed by atoms with van der Waals surface area (Å²) >= 11 is 0. The molecule has 2 aromatic carbocycles. The van der Waals surface area contributed by atoms with Crippen molar-refractivity contribution in [3.8, 4) is 0 Å². The quantitative estimate of drug-likeness (QED) is 0.827. The largest absolute Gasteiger partial charge is 0.326 e. The maximum Gasteiger partial charge on any atom is 0.326 e. The minimum Gasteiger partial charge on any atom is -0.307 e. The molecule has 0 aromatic heterocycles. The van der Waals surface area contributed by atoms with E-state index in [1.54, 1.807) is 27.4 Å². The van der Waals surface area contributed by atoms with Crippen LogP contribution in [0, 0.1) is 12.8 Å². The summed E-state index contributed by atoms with van der Waals surface area (Å²) in [6.07, 6.45) is 2.45. The van der Waals surface area contributed by atoms with Crippen LogP contribution < -0.4 is 10.2 Å². The zero-order chi connectivity index (χ0) is 20.6. The Morgan fingerprint density at radius 1 is 1.07 bits per heavy atom. The number of anilines is 2. The van der Waals surface area contributed by atoms with E-state index in [2.05, 4.69) is 12.2 Å². The van der Waals surface area contributed by atoms with Gasteiger partial charge in [-0.2, -0.15) is 4.31 Å². The molecule has 2 aromatic rings. The molecular formula is C22H27N3O3S. The molecule has 2 heterocycles. The van der Waals surface area contributed by atoms with Gasteiger partial charge in [0.05, 0.1) is 4.90 Å². The first-order valence-corrected chi connectivity index (χ1v) is 11.6. The average molecular weight is 414 g/mol. The van der Waals surface area contributed by atoms with Crippen molar-refractivity contribution >= 4 is 27.4 Å². The van der Waals surface area contributed by atoms with Crippen molar-refractivity contribution in [2.24, 2.45) is 5.92 Å². The summed E-state index contributed by atoms with van der Waals surface area (Å²) in [6, 6.07) is 12.6. The summed E-state index contributed by atoms with van der Waals surface area (Å²) < 4.78 is 27.6. The average Bonchev–Trinajstić information content (AvgIpc) is 3.13. The van der Waals surface area contributed by atoms with Crippen molar-refractivity contribution in [1.82, 2.24) is 4.31 Å². The van der Waals surface area contributed by atoms with Crippen LogP contribution in [0.25, 0.3) is 0 Å². The molecule has 1 N–H and O–H groups in total. The van der Waals surface area contributed by atoms with E-state index in [0.717, 1.165) is 35.3 Å². The zero-order valence-electron chi connectivity index (χ0n) is 16.9. The molecule has 154 valence electrons. The van der Waals surface area contributed by atoms with E-state index in [1.807, 2.05) is 31.2 Å². The molecule has 1 fully saturated rings. The van der Waals surface area contributed by atoms with E-state index in [9.17, 15) is 13.2 Å². The van der Waals surface area contributed by atoms with Gasteiger partial charge in [0.25, 0.3) is 0 Å². The molecule has 0 unspecified atom stereocenters. The highest BCUT2D eigenvalue weighted by atomic mass is 32.2. The molecule has 2 aliphatic heterocycles. The second-order valence-electron chi connectivity index (χ2n) is 8.02. The zero-order valence-corrected chi connectivity index (χ0v) is 17.7. The van der Waals surface area contributed by atoms with Gasteiger partial charge in [-0.15, -0.1) is 0 Å². The van der Waals surface area contributed by atoms with Gasteiger partial charge in [-0.25, -0.2) is 13.2 Å². The number of para-hydroxylation sites is 1. The lowest BCUT2D eigenvalue weighted by Gasteiger charge is -2.29. The van der Waals surface area contributed by atoms with Gasteiger partial charge in [0.1, 0.15) is 0 Å². The van der Waals surface area contributed by atoms with Crippen LogP contribution in [0.2, 0.25) is 0 Å². The van der Waals surface area contributed by atoms with Crippen LogP contribution in [-0.2, 0) is 16.4 Å². The van der Waals surface area contributed by atoms with Crippen molar-refractivity contribution in [2.75, 3.05) is 29.9 Å². The van der Waals surface area contributed by atoms with Crippen LogP contribution in [-0.4, -0.2) is 38.4 Å². The van der Waals surface area contributed by atoms with E-state index in [0.29, 0.717) is 36.9 Å². The van der Waals surface area contributed by atoms with Gasteiger partial charge < -0.3 is 5.32 Å². The van der Waals surface area contributed by atoms with Crippen molar-refractivity contribution in [1.29, 1.82) is 0 Å². The lowest BCUT2D eigenvalue weighted by molar-refractivity contribution is 0.257. The minimum atomic E-state index is -3.48. The highest BCUT2D eigenvalue weighted by Crippen LogP contribution is 2.32. The minimum absolute atomic E-state index is 0.196. The molecule has 0 spiro atoms. The fourth-order valence-corrected chi connectivity index (χ4v) is 5.54. The number of fused-ring (bicyclic) bond motifs is 1. The number of carbonyl (C=O) groups excluding carboxylic acids is 1. The van der Waals surface area contributed by atoms with Gasteiger partial charge >= 0.3 is 6.03 Å². The second-order valence-corrected chi connectivity index (χ2v) is 9.96. The highest BCUT2D eigenvalue weighted by molar-refractivity contribution is 7.89. The fourth-order valence-electron chi connectivity index (χ4n) is 4.02. The first-order valence-electron chi connectivity index (χ1n) is 10.1. The third-order valence-corrected chi connectivity index (χ3v) is 7.85. The Bertz CT molecular complexity index is 1030. The Morgan fingerprint density at radius 2 is 1.79 bits per heavy atom. The van der Waals surface area contributed by atoms with E-state index in [1.165, 1.54) is 0 Å². The molecule has 7 heteroatoms. The van der Waals surface area contributed by atoms with E-state index in [-0.39, 0.29) is 6.03 Å². The Balaban J connectivity index is 1.53. The Labute approximate surface area is 172 Å². The summed E-state index contributed by atoms with van der Waals surface area (Å²) in [5.74, 6) is 0.571. The predicted octanol–water partition coefficient (Wildman–Crippen LogP) is 4.01. The van der Waals surface area contributed by atoms with Gasteiger partial charge in [0.2, 0.25) is 10.0 Å². The molecule has 2 aliphatic rings. The monoisotopic (exact) mass is 413 g/mol. The lowest BCUT2D eigenvalue weighted by atomic mass is 10.0. The first kappa shape index (κ1) is 19.9. The van der Waals surface area contributed by atoms with Gasteiger partial charge in [-0.05, 0) is 67.5 Å². The Kier molecular flexibility index (Phi) is 5.36. The predicted molar refractivity (Wildman–Crippen MR) is 115 cm³/mol. The number of carbonyl (C=O) groups is 1. The maximum atomic E-state index is 13.0. The first-order chi connectivity index (χ1) is 13.9. The van der Waals surface area contributed by atoms with E-state index in [4.69, 9.17) is 0 Å². The van der Waals surface area contributed by atoms with Crippen LogP contribution in [0.5, 0.6) is 0 Å². The standard InChI is InChI=1S/C22H27N3O3S/c1-16-9-12-24(13-10-16)29(27,28)19-7-8-21-18(15-19)11-14-25(21)22(26)23-20-6-4-3-5-17(20)2/h3-8,15-16H,9-14H2,1-2H3,(H,23,26). The van der Waals surface area contributed by atoms with E-state index < -0.39 is 10.0 Å². The molecule has 29 heavy (non-hydrogen) atoms. The smallest absolute Gasteiger partial charge is 0.307 e. The van der Waals surface area contributed by atoms with E-state index >= 15 is 0 Å². The number of sulfonamides is 1. The van der Waals surface area contributed by atoms with Crippen LogP contribution in [0.3, 0.4) is 0 Å². The molecule has 0 bridgehead atoms. The van der Waals surface area contributed by atoms with Crippen LogP contribution in [0.4, 0.5) is 16.2 Å². The number of hydrogen-bond donors (Lipinski definition) is 1. The SMILES string of the molecule is Cc1ccccc1NC(=O)N1CCc2cc(S(=O)(=O)N3CCC(C)CC3)ccc21. The number of amides is 2. The van der Waals surface area contributed by atoms with Crippen molar-refractivity contribution < 1.29 is 13.2 Å². The summed E-state index contributed by atoms with van der Waals surface area (Å²) in [7, 11) is -3.48. The molecule has 0 aliphatic carbocycles. The molecule has 2 amide bonds. The van der Waals surface area contributed by atoms with Gasteiger partial charge in [0, 0.05) is 31.0 Å². The lowest BCUT2D eigenvalue weighted by Crippen LogP contribution is -2.37. The molecular weight excluding hydrogens is 386 g/mol. The summed E-state index contributed by atoms with van der Waals surface area (Å²) in [4.78, 5) is 14.8. The molecule has 0 atom stereocenters. The number of benzene rings is 2. The van der Waals surface area contributed by atoms with Gasteiger partial charge in [-0.3, -0.25) is 4.90 Å². The molecule has 0 saturated carbocycles. The maximum absolute atomic E-state index is 13.0. The molecule has 4 rings (SSSR count). The van der Waals surface area contributed by atoms with Crippen LogP contribution in [0.15, 0.2) is 47.4 Å². The highest BCUT2D eigenvalue weighted by Gasteiger charge is 2.31. The number of rotatable bonds is 3. The summed E-state index contributed by atoms with van der Waals surface area (Å²) in [6.45, 7) is 5.80. The molecule has 0 radical (unpaired) electrons. The molecule has 1 saturated heterocycles. The van der Waals surface area contributed by atoms with Crippen LogP contribution >= 0.6 is 0 Å². The fraction of sp³-hybridized carbons (Fsp3) is 0.409. The van der Waals surface area contributed by atoms with Crippen LogP contribution in [0.1, 0.15) is 30.9 Å². The third-order valence-electron chi connectivity index (χ3n) is 5.96. The van der Waals surface area contributed by atoms with Gasteiger partial charge in [-0.1, -0.05) is 25.1 Å². The third kappa shape index (κ3) is 3.89. The Morgan fingerprint density at radius 3 is 2.52 bits per heavy atom. The summed E-state index contributed by atoms with van der Waals surface area (Å²) in [5, 5.41) is 2.95. The van der Waals surface area contributed by atoms with Crippen molar-refractivity contribution in [3.05, 3.63) is 53.6 Å². The second kappa shape index (κ2) is 7.80. The number of nitrogens with zero attached hydrogens (tertiary/aromatic N) is 2. The number of nitrogens with one attached hydrogen (secondary N) is 1. The topological polar surface area (TPSA) is 69.7 Å². The van der Waals surface area contributed by atoms with Crippen molar-refractivity contribution in [2.45, 2.75) is 38.0 Å². The summed E-state index contributed by atoms with van der Waals surface area (Å²) in [5.41, 5.74) is 3.46. The van der Waals surface area contributed by atoms with Crippen molar-refractivity contribution in [3.63, 3.8) is 0 Å². The number of urea groups is 1. The normalized spacial score (nSPS) is 17.9. The number of aryl methyl sites for hydroxylation is 1. The Hall–Kier alpha value is -2.38. The van der Waals surface area contributed by atoms with Gasteiger partial charge in [0.15, 0.2) is 0 Å². The molecule has 6 nitrogen and oxygen atoms in total.